The summed E-state index contributed by atoms with van der Waals surface area (Å²) in [5.74, 6) is 5.16. The molecule has 1 saturated carbocycles. The minimum Gasteiger partial charge on any atom is -0.332 e. The zero-order valence-corrected chi connectivity index (χ0v) is 14.4. The molecule has 6 nitrogen and oxygen atoms in total. The molecule has 130 valence electrons. The number of aromatic nitrogens is 2. The highest BCUT2D eigenvalue weighted by molar-refractivity contribution is 7.15. The van der Waals surface area contributed by atoms with Crippen LogP contribution in [0.4, 0.5) is 4.39 Å². The molecule has 1 fully saturated rings. The van der Waals surface area contributed by atoms with Crippen LogP contribution in [0.2, 0.25) is 0 Å². The van der Waals surface area contributed by atoms with Gasteiger partial charge in [0, 0.05) is 27.4 Å². The SMILES string of the molecule is Cc1c(-c2ccc(CN)s2)c(F)cn2c(=O)n(N)c(=O)c(C3CC3)c12. The molecule has 0 bridgehead atoms. The van der Waals surface area contributed by atoms with Crippen molar-refractivity contribution in [1.29, 1.82) is 0 Å². The van der Waals surface area contributed by atoms with Crippen molar-refractivity contribution in [1.82, 2.24) is 9.08 Å². The van der Waals surface area contributed by atoms with Crippen LogP contribution in [0.1, 0.15) is 34.8 Å². The molecule has 0 spiro atoms. The Bertz CT molecular complexity index is 1120. The molecule has 8 heteroatoms. The molecular weight excluding hydrogens is 343 g/mol. The summed E-state index contributed by atoms with van der Waals surface area (Å²) >= 11 is 1.40. The topological polar surface area (TPSA) is 95.5 Å². The van der Waals surface area contributed by atoms with E-state index in [4.69, 9.17) is 11.6 Å². The van der Waals surface area contributed by atoms with Crippen LogP contribution in [-0.2, 0) is 6.54 Å². The Morgan fingerprint density at radius 1 is 1.32 bits per heavy atom. The predicted molar refractivity (Wildman–Crippen MR) is 96.0 cm³/mol. The Balaban J connectivity index is 2.14. The zero-order chi connectivity index (χ0) is 17.9. The number of hydrogen-bond donors (Lipinski definition) is 2. The van der Waals surface area contributed by atoms with Crippen LogP contribution in [0.15, 0.2) is 27.9 Å². The summed E-state index contributed by atoms with van der Waals surface area (Å²) in [5, 5.41) is 0. The van der Waals surface area contributed by atoms with E-state index in [2.05, 4.69) is 0 Å². The fourth-order valence-corrected chi connectivity index (χ4v) is 4.29. The number of fused-ring (bicyclic) bond motifs is 1. The second-order valence-corrected chi connectivity index (χ2v) is 7.48. The summed E-state index contributed by atoms with van der Waals surface area (Å²) in [6, 6.07) is 3.67. The first-order valence-corrected chi connectivity index (χ1v) is 8.80. The molecule has 0 saturated heterocycles. The maximum atomic E-state index is 14.8. The lowest BCUT2D eigenvalue weighted by molar-refractivity contribution is 0.616. The van der Waals surface area contributed by atoms with Crippen LogP contribution in [0.5, 0.6) is 0 Å². The number of thiophene rings is 1. The molecule has 4 rings (SSSR count). The van der Waals surface area contributed by atoms with Gasteiger partial charge in [0.1, 0.15) is 5.82 Å². The van der Waals surface area contributed by atoms with E-state index in [1.54, 1.807) is 6.92 Å². The van der Waals surface area contributed by atoms with Crippen molar-refractivity contribution >= 4 is 16.9 Å². The molecule has 3 aromatic rings. The van der Waals surface area contributed by atoms with Gasteiger partial charge in [0.2, 0.25) is 0 Å². The summed E-state index contributed by atoms with van der Waals surface area (Å²) in [4.78, 5) is 26.6. The first kappa shape index (κ1) is 16.0. The molecule has 0 atom stereocenters. The quantitative estimate of drug-likeness (QED) is 0.695. The van der Waals surface area contributed by atoms with Crippen molar-refractivity contribution in [3.63, 3.8) is 0 Å². The van der Waals surface area contributed by atoms with Crippen molar-refractivity contribution in [2.75, 3.05) is 5.84 Å². The molecule has 0 unspecified atom stereocenters. The monoisotopic (exact) mass is 360 g/mol. The fraction of sp³-hybridized carbons (Fsp3) is 0.294. The van der Waals surface area contributed by atoms with Gasteiger partial charge in [-0.25, -0.2) is 9.18 Å². The van der Waals surface area contributed by atoms with E-state index in [9.17, 15) is 14.0 Å². The molecule has 25 heavy (non-hydrogen) atoms. The number of nitrogen functional groups attached to an aromatic ring is 1. The Labute approximate surface area is 146 Å². The van der Waals surface area contributed by atoms with Gasteiger partial charge in [-0.15, -0.1) is 11.3 Å². The third kappa shape index (κ3) is 2.32. The van der Waals surface area contributed by atoms with Gasteiger partial charge < -0.3 is 11.6 Å². The van der Waals surface area contributed by atoms with E-state index in [0.29, 0.717) is 33.4 Å². The van der Waals surface area contributed by atoms with Gasteiger partial charge in [-0.05, 0) is 43.4 Å². The van der Waals surface area contributed by atoms with Gasteiger partial charge in [0.25, 0.3) is 5.56 Å². The summed E-state index contributed by atoms with van der Waals surface area (Å²) < 4.78 is 16.5. The minimum atomic E-state index is -0.744. The third-order valence-corrected chi connectivity index (χ3v) is 5.79. The van der Waals surface area contributed by atoms with Gasteiger partial charge in [-0.1, -0.05) is 0 Å². The number of halogens is 1. The maximum absolute atomic E-state index is 14.8. The standard InChI is InChI=1S/C17H17FN4O2S/c1-8-13(12-5-4-10(6-19)25-12)11(18)7-21-15(8)14(9-2-3-9)16(23)22(20)17(21)24/h4-5,7,9H,2-3,6,19-20H2,1H3. The van der Waals surface area contributed by atoms with E-state index in [1.807, 2.05) is 12.1 Å². The second kappa shape index (κ2) is 5.53. The van der Waals surface area contributed by atoms with Gasteiger partial charge >= 0.3 is 5.69 Å². The minimum absolute atomic E-state index is 0.0675. The highest BCUT2D eigenvalue weighted by atomic mass is 32.1. The summed E-state index contributed by atoms with van der Waals surface area (Å²) in [6.07, 6.45) is 2.85. The van der Waals surface area contributed by atoms with Crippen molar-refractivity contribution in [2.45, 2.75) is 32.2 Å². The molecule has 0 amide bonds. The largest absolute Gasteiger partial charge is 0.354 e. The number of nitrogens with two attached hydrogens (primary N) is 2. The molecule has 0 aromatic carbocycles. The number of pyridine rings is 1. The van der Waals surface area contributed by atoms with E-state index >= 15 is 0 Å². The van der Waals surface area contributed by atoms with Gasteiger partial charge in [0.15, 0.2) is 0 Å². The molecule has 1 aliphatic carbocycles. The summed E-state index contributed by atoms with van der Waals surface area (Å²) in [7, 11) is 0. The van der Waals surface area contributed by atoms with Crippen molar-refractivity contribution in [3.05, 3.63) is 61.0 Å². The van der Waals surface area contributed by atoms with Crippen molar-refractivity contribution in [3.8, 4) is 10.4 Å². The molecule has 4 N–H and O–H groups in total. The van der Waals surface area contributed by atoms with Gasteiger partial charge in [-0.3, -0.25) is 9.20 Å². The highest BCUT2D eigenvalue weighted by Crippen LogP contribution is 2.42. The number of nitrogens with zero attached hydrogens (tertiary/aromatic N) is 2. The van der Waals surface area contributed by atoms with E-state index < -0.39 is 17.1 Å². The van der Waals surface area contributed by atoms with E-state index in [1.165, 1.54) is 11.3 Å². The summed E-state index contributed by atoms with van der Waals surface area (Å²) in [5.41, 5.74) is 6.35. The normalized spacial score (nSPS) is 14.4. The molecular formula is C17H17FN4O2S. The second-order valence-electron chi connectivity index (χ2n) is 6.31. The average Bonchev–Trinajstić information content (AvgIpc) is 3.31. The Kier molecular flexibility index (Phi) is 3.55. The molecule has 0 aliphatic heterocycles. The van der Waals surface area contributed by atoms with Crippen LogP contribution < -0.4 is 22.8 Å². The Morgan fingerprint density at radius 2 is 2.04 bits per heavy atom. The van der Waals surface area contributed by atoms with Crippen LogP contribution in [0, 0.1) is 12.7 Å². The Morgan fingerprint density at radius 3 is 2.64 bits per heavy atom. The van der Waals surface area contributed by atoms with Crippen molar-refractivity contribution in [2.24, 2.45) is 5.73 Å². The van der Waals surface area contributed by atoms with Crippen LogP contribution >= 0.6 is 11.3 Å². The number of hydrogen-bond acceptors (Lipinski definition) is 5. The molecule has 3 aromatic heterocycles. The molecule has 1 aliphatic rings. The van der Waals surface area contributed by atoms with Crippen LogP contribution in [-0.4, -0.2) is 9.08 Å². The smallest absolute Gasteiger partial charge is 0.332 e. The van der Waals surface area contributed by atoms with E-state index in [0.717, 1.165) is 33.2 Å². The zero-order valence-electron chi connectivity index (χ0n) is 13.6. The molecule has 0 radical (unpaired) electrons. The lowest BCUT2D eigenvalue weighted by atomic mass is 10.0. The van der Waals surface area contributed by atoms with E-state index in [-0.39, 0.29) is 5.92 Å². The first-order chi connectivity index (χ1) is 11.9. The fourth-order valence-electron chi connectivity index (χ4n) is 3.30. The first-order valence-electron chi connectivity index (χ1n) is 7.98. The summed E-state index contributed by atoms with van der Waals surface area (Å²) in [6.45, 7) is 2.12. The lowest BCUT2D eigenvalue weighted by Gasteiger charge is -2.15. The van der Waals surface area contributed by atoms with Crippen LogP contribution in [0.25, 0.3) is 16.0 Å². The van der Waals surface area contributed by atoms with Gasteiger partial charge in [0.05, 0.1) is 11.7 Å². The Hall–Kier alpha value is -2.45. The van der Waals surface area contributed by atoms with Crippen molar-refractivity contribution < 1.29 is 4.39 Å². The highest BCUT2D eigenvalue weighted by Gasteiger charge is 2.32. The number of rotatable bonds is 3. The molecule has 3 heterocycles. The maximum Gasteiger partial charge on any atom is 0.354 e. The predicted octanol–water partition coefficient (Wildman–Crippen LogP) is 1.69. The van der Waals surface area contributed by atoms with Gasteiger partial charge in [-0.2, -0.15) is 4.68 Å². The average molecular weight is 360 g/mol. The third-order valence-electron chi connectivity index (χ3n) is 4.66. The number of aryl methyl sites for hydroxylation is 1. The lowest BCUT2D eigenvalue weighted by Crippen LogP contribution is -2.44. The van der Waals surface area contributed by atoms with Crippen LogP contribution in [0.3, 0.4) is 0 Å².